The third-order valence-corrected chi connectivity index (χ3v) is 7.12. The van der Waals surface area contributed by atoms with E-state index in [0.29, 0.717) is 6.42 Å². The van der Waals surface area contributed by atoms with Crippen molar-refractivity contribution in [2.45, 2.75) is 31.8 Å². The molecule has 1 saturated heterocycles. The highest BCUT2D eigenvalue weighted by molar-refractivity contribution is 6.22. The number of hydrogen-bond acceptors (Lipinski definition) is 3. The summed E-state index contributed by atoms with van der Waals surface area (Å²) in [5.41, 5.74) is 2.02. The molecular weight excluding hydrogens is 509 g/mol. The SMILES string of the molecule is CC1(C)c2[nH]c3ccccc3c2CC2C(=O)N(c3ccc(Oc4c(F)c(F)c(F)c(F)c4F)cc3)C(=O)N21. The molecule has 6 nitrogen and oxygen atoms in total. The van der Waals surface area contributed by atoms with Gasteiger partial charge in [0.2, 0.25) is 34.8 Å². The van der Waals surface area contributed by atoms with Crippen LogP contribution in [0, 0.1) is 29.1 Å². The molecule has 3 aromatic carbocycles. The molecule has 3 amide bonds. The predicted octanol–water partition coefficient (Wildman–Crippen LogP) is 6.28. The van der Waals surface area contributed by atoms with Crippen molar-refractivity contribution in [3.63, 3.8) is 0 Å². The average Bonchev–Trinajstić information content (AvgIpc) is 3.41. The average molecular weight is 527 g/mol. The number of nitrogens with one attached hydrogen (secondary N) is 1. The molecule has 1 N–H and O–H groups in total. The molecule has 38 heavy (non-hydrogen) atoms. The molecule has 11 heteroatoms. The van der Waals surface area contributed by atoms with E-state index in [1.165, 1.54) is 17.0 Å². The molecule has 2 aliphatic heterocycles. The topological polar surface area (TPSA) is 65.6 Å². The first kappa shape index (κ1) is 24.0. The summed E-state index contributed by atoms with van der Waals surface area (Å²) >= 11 is 0. The van der Waals surface area contributed by atoms with Crippen LogP contribution in [-0.4, -0.2) is 27.9 Å². The number of urea groups is 1. The largest absolute Gasteiger partial charge is 0.451 e. The molecule has 0 spiro atoms. The number of aromatic nitrogens is 1. The van der Waals surface area contributed by atoms with Crippen molar-refractivity contribution in [2.75, 3.05) is 4.90 Å². The van der Waals surface area contributed by atoms with Crippen LogP contribution in [0.4, 0.5) is 32.4 Å². The van der Waals surface area contributed by atoms with Gasteiger partial charge in [0.25, 0.3) is 5.91 Å². The Morgan fingerprint density at radius 3 is 2.13 bits per heavy atom. The van der Waals surface area contributed by atoms with Gasteiger partial charge in [0.05, 0.1) is 11.2 Å². The fraction of sp³-hybridized carbons (Fsp3) is 0.185. The summed E-state index contributed by atoms with van der Waals surface area (Å²) in [5.74, 6) is -13.0. The maximum Gasteiger partial charge on any atom is 0.332 e. The zero-order valence-corrected chi connectivity index (χ0v) is 19.9. The molecular formula is C27H18F5N3O3. The van der Waals surface area contributed by atoms with E-state index in [1.807, 2.05) is 38.1 Å². The second-order valence-corrected chi connectivity index (χ2v) is 9.62. The standard InChI is InChI=1S/C27H18F5N3O3/c1-27(2)24-15(14-5-3-4-6-16(14)33-24)11-17-25(36)34(26(37)35(17)27)12-7-9-13(10-8-12)38-23-21(31)19(29)18(28)20(30)22(23)32/h3-10,17,33H,11H2,1-2H3. The third kappa shape index (κ3) is 3.17. The van der Waals surface area contributed by atoms with Gasteiger partial charge in [0.15, 0.2) is 0 Å². The van der Waals surface area contributed by atoms with E-state index in [1.54, 1.807) is 0 Å². The second kappa shape index (κ2) is 8.04. The minimum absolute atomic E-state index is 0.156. The number of anilines is 1. The van der Waals surface area contributed by atoms with Crippen molar-refractivity contribution in [1.82, 2.24) is 9.88 Å². The Morgan fingerprint density at radius 1 is 0.868 bits per heavy atom. The summed E-state index contributed by atoms with van der Waals surface area (Å²) in [6.45, 7) is 3.70. The maximum atomic E-state index is 14.0. The van der Waals surface area contributed by atoms with Gasteiger partial charge in [-0.1, -0.05) is 18.2 Å². The summed E-state index contributed by atoms with van der Waals surface area (Å²) in [7, 11) is 0. The van der Waals surface area contributed by atoms with Gasteiger partial charge in [-0.2, -0.15) is 8.78 Å². The highest BCUT2D eigenvalue weighted by Crippen LogP contribution is 2.45. The highest BCUT2D eigenvalue weighted by atomic mass is 19.2. The van der Waals surface area contributed by atoms with E-state index in [2.05, 4.69) is 4.98 Å². The maximum absolute atomic E-state index is 14.0. The number of para-hydroxylation sites is 1. The van der Waals surface area contributed by atoms with E-state index >= 15 is 0 Å². The lowest BCUT2D eigenvalue weighted by Gasteiger charge is -2.42. The molecule has 1 unspecified atom stereocenters. The first-order valence-corrected chi connectivity index (χ1v) is 11.6. The number of nitrogens with zero attached hydrogens (tertiary/aromatic N) is 2. The Bertz CT molecular complexity index is 1640. The Hall–Kier alpha value is -4.41. The lowest BCUT2D eigenvalue weighted by Crippen LogP contribution is -2.52. The van der Waals surface area contributed by atoms with Gasteiger partial charge in [-0.3, -0.25) is 4.79 Å². The van der Waals surface area contributed by atoms with Crippen molar-refractivity contribution in [2.24, 2.45) is 0 Å². The van der Waals surface area contributed by atoms with E-state index in [9.17, 15) is 31.5 Å². The molecule has 2 aliphatic rings. The normalized spacial score (nSPS) is 18.2. The number of carbonyl (C=O) groups is 2. The molecule has 6 rings (SSSR count). The summed E-state index contributed by atoms with van der Waals surface area (Å²) in [4.78, 5) is 32.9. The number of H-pyrrole nitrogens is 1. The molecule has 0 saturated carbocycles. The number of imide groups is 1. The van der Waals surface area contributed by atoms with E-state index in [0.717, 1.165) is 39.2 Å². The van der Waals surface area contributed by atoms with Crippen LogP contribution in [0.3, 0.4) is 0 Å². The van der Waals surface area contributed by atoms with Crippen molar-refractivity contribution in [3.05, 3.63) is 88.9 Å². The smallest absolute Gasteiger partial charge is 0.332 e. The van der Waals surface area contributed by atoms with Gasteiger partial charge in [-0.25, -0.2) is 22.9 Å². The van der Waals surface area contributed by atoms with Crippen LogP contribution in [-0.2, 0) is 16.8 Å². The van der Waals surface area contributed by atoms with E-state index < -0.39 is 58.4 Å². The van der Waals surface area contributed by atoms with Crippen LogP contribution < -0.4 is 9.64 Å². The Labute approximate surface area is 212 Å². The van der Waals surface area contributed by atoms with Gasteiger partial charge in [-0.05, 0) is 49.7 Å². The molecule has 1 atom stereocenters. The van der Waals surface area contributed by atoms with Gasteiger partial charge >= 0.3 is 6.03 Å². The monoisotopic (exact) mass is 527 g/mol. The molecule has 0 bridgehead atoms. The third-order valence-electron chi connectivity index (χ3n) is 7.12. The number of hydrogen-bond donors (Lipinski definition) is 1. The zero-order chi connectivity index (χ0) is 27.1. The quantitative estimate of drug-likeness (QED) is 0.148. The van der Waals surface area contributed by atoms with Gasteiger partial charge < -0.3 is 14.6 Å². The number of fused-ring (bicyclic) bond motifs is 4. The van der Waals surface area contributed by atoms with Crippen LogP contribution in [0.25, 0.3) is 10.9 Å². The van der Waals surface area contributed by atoms with Crippen molar-refractivity contribution < 1.29 is 36.3 Å². The summed E-state index contributed by atoms with van der Waals surface area (Å²) in [5, 5.41) is 0.976. The second-order valence-electron chi connectivity index (χ2n) is 9.62. The molecule has 4 aromatic rings. The molecule has 1 aromatic heterocycles. The number of benzene rings is 3. The van der Waals surface area contributed by atoms with E-state index in [-0.39, 0.29) is 11.4 Å². The van der Waals surface area contributed by atoms with Crippen LogP contribution in [0.5, 0.6) is 11.5 Å². The number of ether oxygens (including phenoxy) is 1. The van der Waals surface area contributed by atoms with Crippen LogP contribution in [0.1, 0.15) is 25.1 Å². The minimum atomic E-state index is -2.30. The first-order chi connectivity index (χ1) is 18.0. The summed E-state index contributed by atoms with van der Waals surface area (Å²) in [6.07, 6.45) is 0.311. The molecule has 3 heterocycles. The van der Waals surface area contributed by atoms with Crippen LogP contribution >= 0.6 is 0 Å². The van der Waals surface area contributed by atoms with Crippen molar-refractivity contribution >= 4 is 28.5 Å². The Morgan fingerprint density at radius 2 is 1.47 bits per heavy atom. The van der Waals surface area contributed by atoms with Gasteiger partial charge in [-0.15, -0.1) is 0 Å². The highest BCUT2D eigenvalue weighted by Gasteiger charge is 2.55. The Kier molecular flexibility index (Phi) is 5.07. The van der Waals surface area contributed by atoms with Crippen molar-refractivity contribution in [1.29, 1.82) is 0 Å². The minimum Gasteiger partial charge on any atom is -0.451 e. The zero-order valence-electron chi connectivity index (χ0n) is 19.9. The fourth-order valence-electron chi connectivity index (χ4n) is 5.34. The number of halogens is 5. The summed E-state index contributed by atoms with van der Waals surface area (Å²) in [6, 6.07) is 11.3. The molecule has 0 aliphatic carbocycles. The number of aromatic amines is 1. The Balaban J connectivity index is 1.31. The van der Waals surface area contributed by atoms with Crippen LogP contribution in [0.15, 0.2) is 48.5 Å². The number of rotatable bonds is 3. The van der Waals surface area contributed by atoms with Gasteiger partial charge in [0.1, 0.15) is 11.8 Å². The van der Waals surface area contributed by atoms with E-state index in [4.69, 9.17) is 4.74 Å². The first-order valence-electron chi connectivity index (χ1n) is 11.6. The summed E-state index contributed by atoms with van der Waals surface area (Å²) < 4.78 is 73.2. The van der Waals surface area contributed by atoms with Gasteiger partial charge in [0, 0.05) is 23.0 Å². The molecule has 1 fully saturated rings. The van der Waals surface area contributed by atoms with Crippen LogP contribution in [0.2, 0.25) is 0 Å². The molecule has 0 radical (unpaired) electrons. The lowest BCUT2D eigenvalue weighted by atomic mass is 9.85. The predicted molar refractivity (Wildman–Crippen MR) is 126 cm³/mol. The molecule has 194 valence electrons. The number of amides is 3. The fourth-order valence-corrected chi connectivity index (χ4v) is 5.34. The van der Waals surface area contributed by atoms with Crippen molar-refractivity contribution in [3.8, 4) is 11.5 Å². The number of carbonyl (C=O) groups excluding carboxylic acids is 2. The lowest BCUT2D eigenvalue weighted by molar-refractivity contribution is -0.121.